The Labute approximate surface area is 139 Å². The molecule has 2 aromatic heterocycles. The van der Waals surface area contributed by atoms with Crippen LogP contribution >= 0.6 is 11.6 Å². The van der Waals surface area contributed by atoms with Gasteiger partial charge in [0.05, 0.1) is 10.6 Å². The van der Waals surface area contributed by atoms with E-state index < -0.39 is 0 Å². The van der Waals surface area contributed by atoms with Crippen LogP contribution in [0.2, 0.25) is 5.02 Å². The Kier molecular flexibility index (Phi) is 2.97. The van der Waals surface area contributed by atoms with E-state index in [4.69, 9.17) is 11.6 Å². The van der Waals surface area contributed by atoms with Crippen LogP contribution in [0.5, 0.6) is 0 Å². The predicted octanol–water partition coefficient (Wildman–Crippen LogP) is 2.06. The third-order valence-corrected chi connectivity index (χ3v) is 5.99. The Hall–Kier alpha value is -1.59. The zero-order valence-electron chi connectivity index (χ0n) is 12.8. The van der Waals surface area contributed by atoms with Crippen molar-refractivity contribution >= 4 is 23.2 Å². The number of hydrogen-bond donors (Lipinski definition) is 1. The molecule has 2 unspecified atom stereocenters. The molecule has 1 amide bonds. The molecule has 4 aliphatic rings. The highest BCUT2D eigenvalue weighted by molar-refractivity contribution is 6.31. The van der Waals surface area contributed by atoms with Crippen LogP contribution in [0.25, 0.3) is 5.65 Å². The summed E-state index contributed by atoms with van der Waals surface area (Å²) >= 11 is 6.15. The van der Waals surface area contributed by atoms with E-state index in [9.17, 15) is 4.79 Å². The third kappa shape index (κ3) is 2.17. The lowest BCUT2D eigenvalue weighted by molar-refractivity contribution is -0.0418. The monoisotopic (exact) mass is 330 g/mol. The largest absolute Gasteiger partial charge is 0.349 e. The van der Waals surface area contributed by atoms with Crippen LogP contribution in [0, 0.1) is 17.8 Å². The van der Waals surface area contributed by atoms with Crippen LogP contribution < -0.4 is 5.32 Å². The Bertz CT molecular complexity index is 758. The summed E-state index contributed by atoms with van der Waals surface area (Å²) in [5.74, 6) is 1.99. The van der Waals surface area contributed by atoms with Crippen molar-refractivity contribution in [2.75, 3.05) is 19.6 Å². The number of aromatic nitrogens is 2. The maximum absolute atomic E-state index is 12.9. The molecule has 120 valence electrons. The number of nitrogens with one attached hydrogen (secondary N) is 1. The molecule has 3 saturated heterocycles. The van der Waals surface area contributed by atoms with Crippen molar-refractivity contribution in [3.63, 3.8) is 0 Å². The van der Waals surface area contributed by atoms with Gasteiger partial charge in [-0.05, 0) is 36.7 Å². The topological polar surface area (TPSA) is 49.6 Å². The molecule has 2 aromatic rings. The fourth-order valence-electron chi connectivity index (χ4n) is 5.04. The quantitative estimate of drug-likeness (QED) is 0.917. The number of carbonyl (C=O) groups excluding carboxylic acids is 1. The first kappa shape index (κ1) is 13.8. The van der Waals surface area contributed by atoms with E-state index in [1.165, 1.54) is 19.4 Å². The van der Waals surface area contributed by atoms with Crippen LogP contribution in [0.4, 0.5) is 0 Å². The maximum atomic E-state index is 12.9. The van der Waals surface area contributed by atoms with E-state index in [-0.39, 0.29) is 5.91 Å². The van der Waals surface area contributed by atoms with Crippen molar-refractivity contribution in [3.8, 4) is 0 Å². The van der Waals surface area contributed by atoms with E-state index in [1.807, 2.05) is 6.20 Å². The van der Waals surface area contributed by atoms with Crippen molar-refractivity contribution in [1.82, 2.24) is 19.6 Å². The van der Waals surface area contributed by atoms with Gasteiger partial charge in [0.25, 0.3) is 5.91 Å². The average molecular weight is 331 g/mol. The number of pyridine rings is 1. The predicted molar refractivity (Wildman–Crippen MR) is 87.6 cm³/mol. The zero-order valence-corrected chi connectivity index (χ0v) is 13.5. The number of hydrogen-bond acceptors (Lipinski definition) is 3. The molecular formula is C17H19ClN4O. The molecule has 0 aromatic carbocycles. The molecule has 1 N–H and O–H groups in total. The van der Waals surface area contributed by atoms with Gasteiger partial charge in [-0.15, -0.1) is 0 Å². The van der Waals surface area contributed by atoms with E-state index in [2.05, 4.69) is 15.2 Å². The fourth-order valence-corrected chi connectivity index (χ4v) is 5.25. The standard InChI is InChI=1S/C17H19ClN4O/c18-13-5-14(16-19-1-2-22(16)9-13)17(23)20-15-11-3-10-4-12(15)8-21(6-10)7-11/h1-2,5,9-12,15H,3-4,6-8H2,(H,20,23). The molecule has 5 nitrogen and oxygen atoms in total. The highest BCUT2D eigenvalue weighted by Crippen LogP contribution is 2.43. The SMILES string of the molecule is O=C(NC1C2CC3CC1CN(C3)C2)c1cc(Cl)cn2ccnc12. The van der Waals surface area contributed by atoms with Crippen molar-refractivity contribution in [1.29, 1.82) is 0 Å². The van der Waals surface area contributed by atoms with Crippen LogP contribution in [-0.2, 0) is 0 Å². The Morgan fingerprint density at radius 2 is 2.04 bits per heavy atom. The lowest BCUT2D eigenvalue weighted by Crippen LogP contribution is -2.64. The summed E-state index contributed by atoms with van der Waals surface area (Å²) in [6.07, 6.45) is 7.79. The number of amides is 1. The molecule has 0 spiro atoms. The molecule has 6 heteroatoms. The number of fused-ring (bicyclic) bond motifs is 1. The lowest BCUT2D eigenvalue weighted by Gasteiger charge is -2.55. The second-order valence-corrected chi connectivity index (χ2v) is 7.74. The number of imidazole rings is 1. The van der Waals surface area contributed by atoms with E-state index in [1.54, 1.807) is 22.9 Å². The summed E-state index contributed by atoms with van der Waals surface area (Å²) in [7, 11) is 0. The zero-order chi connectivity index (χ0) is 15.6. The van der Waals surface area contributed by atoms with Crippen LogP contribution in [-0.4, -0.2) is 45.9 Å². The first-order valence-electron chi connectivity index (χ1n) is 8.33. The van der Waals surface area contributed by atoms with Gasteiger partial charge < -0.3 is 14.6 Å². The Morgan fingerprint density at radius 3 is 2.78 bits per heavy atom. The Balaban J connectivity index is 1.44. The minimum atomic E-state index is -0.0452. The number of piperidine rings is 3. The number of rotatable bonds is 2. The summed E-state index contributed by atoms with van der Waals surface area (Å²) in [5, 5.41) is 3.86. The van der Waals surface area contributed by atoms with Gasteiger partial charge in [-0.2, -0.15) is 0 Å². The van der Waals surface area contributed by atoms with Crippen LogP contribution in [0.15, 0.2) is 24.7 Å². The minimum absolute atomic E-state index is 0.0452. The second-order valence-electron chi connectivity index (χ2n) is 7.31. The van der Waals surface area contributed by atoms with E-state index in [0.29, 0.717) is 34.1 Å². The normalized spacial score (nSPS) is 34.9. The summed E-state index contributed by atoms with van der Waals surface area (Å²) in [4.78, 5) is 19.7. The first-order valence-corrected chi connectivity index (χ1v) is 8.70. The maximum Gasteiger partial charge on any atom is 0.255 e. The van der Waals surface area contributed by atoms with Crippen molar-refractivity contribution in [3.05, 3.63) is 35.2 Å². The average Bonchev–Trinajstić information content (AvgIpc) is 2.97. The molecular weight excluding hydrogens is 312 g/mol. The molecule has 5 heterocycles. The number of nitrogens with zero attached hydrogens (tertiary/aromatic N) is 3. The van der Waals surface area contributed by atoms with Gasteiger partial charge in [0, 0.05) is 44.3 Å². The smallest absolute Gasteiger partial charge is 0.255 e. The molecule has 1 aliphatic carbocycles. The lowest BCUT2D eigenvalue weighted by atomic mass is 9.65. The molecule has 4 bridgehead atoms. The van der Waals surface area contributed by atoms with E-state index in [0.717, 1.165) is 19.0 Å². The summed E-state index contributed by atoms with van der Waals surface area (Å²) in [6, 6.07) is 2.02. The van der Waals surface area contributed by atoms with Gasteiger partial charge in [-0.1, -0.05) is 11.6 Å². The van der Waals surface area contributed by atoms with Gasteiger partial charge in [-0.25, -0.2) is 4.98 Å². The molecule has 2 atom stereocenters. The second kappa shape index (κ2) is 4.95. The fraction of sp³-hybridized carbons (Fsp3) is 0.529. The highest BCUT2D eigenvalue weighted by atomic mass is 35.5. The molecule has 3 aliphatic heterocycles. The van der Waals surface area contributed by atoms with Gasteiger partial charge in [0.2, 0.25) is 0 Å². The Morgan fingerprint density at radius 1 is 1.26 bits per heavy atom. The van der Waals surface area contributed by atoms with Gasteiger partial charge in [0.15, 0.2) is 0 Å². The van der Waals surface area contributed by atoms with Gasteiger partial charge in [-0.3, -0.25) is 4.79 Å². The molecule has 6 rings (SSSR count). The molecule has 0 radical (unpaired) electrons. The molecule has 1 saturated carbocycles. The van der Waals surface area contributed by atoms with Crippen molar-refractivity contribution in [2.24, 2.45) is 17.8 Å². The van der Waals surface area contributed by atoms with Crippen molar-refractivity contribution in [2.45, 2.75) is 18.9 Å². The van der Waals surface area contributed by atoms with Crippen LogP contribution in [0.3, 0.4) is 0 Å². The van der Waals surface area contributed by atoms with Crippen LogP contribution in [0.1, 0.15) is 23.2 Å². The summed E-state index contributed by atoms with van der Waals surface area (Å²) < 4.78 is 1.81. The van der Waals surface area contributed by atoms with Gasteiger partial charge in [0.1, 0.15) is 5.65 Å². The number of halogens is 1. The molecule has 4 fully saturated rings. The summed E-state index contributed by atoms with van der Waals surface area (Å²) in [6.45, 7) is 3.52. The van der Waals surface area contributed by atoms with Gasteiger partial charge >= 0.3 is 0 Å². The van der Waals surface area contributed by atoms with Crippen molar-refractivity contribution < 1.29 is 4.79 Å². The number of carbonyl (C=O) groups is 1. The highest BCUT2D eigenvalue weighted by Gasteiger charge is 2.47. The molecule has 23 heavy (non-hydrogen) atoms. The minimum Gasteiger partial charge on any atom is -0.349 e. The third-order valence-electron chi connectivity index (χ3n) is 5.79. The van der Waals surface area contributed by atoms with E-state index >= 15 is 0 Å². The summed E-state index contributed by atoms with van der Waals surface area (Å²) in [5.41, 5.74) is 1.23. The first-order chi connectivity index (χ1) is 11.2.